The van der Waals surface area contributed by atoms with E-state index < -0.39 is 0 Å². The van der Waals surface area contributed by atoms with Crippen LogP contribution in [0.4, 0.5) is 5.69 Å². The van der Waals surface area contributed by atoms with Crippen molar-refractivity contribution in [3.8, 4) is 0 Å². The molecule has 0 bridgehead atoms. The number of rotatable bonds is 5. The number of carbonyl (C=O) groups excluding carboxylic acids is 2. The fourth-order valence-corrected chi connectivity index (χ4v) is 1.76. The maximum absolute atomic E-state index is 11.5. The van der Waals surface area contributed by atoms with Gasteiger partial charge < -0.3 is 10.1 Å². The highest BCUT2D eigenvalue weighted by Gasteiger charge is 2.05. The van der Waals surface area contributed by atoms with Crippen molar-refractivity contribution in [2.24, 2.45) is 0 Å². The Bertz CT molecular complexity index is 389. The van der Waals surface area contributed by atoms with Gasteiger partial charge in [0.2, 0.25) is 5.91 Å². The van der Waals surface area contributed by atoms with E-state index in [0.29, 0.717) is 0 Å². The monoisotopic (exact) mass is 253 g/mol. The van der Waals surface area contributed by atoms with Gasteiger partial charge in [-0.05, 0) is 19.1 Å². The maximum Gasteiger partial charge on any atom is 0.315 e. The van der Waals surface area contributed by atoms with Crippen LogP contribution in [0.15, 0.2) is 24.3 Å². The fraction of sp³-hybridized carbons (Fsp3) is 0.333. The minimum Gasteiger partial charge on any atom is -0.468 e. The molecule has 0 aliphatic carbocycles. The van der Waals surface area contributed by atoms with Crippen LogP contribution in [-0.2, 0) is 14.3 Å². The summed E-state index contributed by atoms with van der Waals surface area (Å²) in [5, 5.41) is 2.75. The van der Waals surface area contributed by atoms with E-state index in [1.807, 2.05) is 31.2 Å². The molecule has 1 aromatic rings. The summed E-state index contributed by atoms with van der Waals surface area (Å²) >= 11 is 1.23. The summed E-state index contributed by atoms with van der Waals surface area (Å²) < 4.78 is 4.47. The topological polar surface area (TPSA) is 55.4 Å². The summed E-state index contributed by atoms with van der Waals surface area (Å²) in [5.74, 6) is -0.0123. The molecule has 0 spiro atoms. The Kier molecular flexibility index (Phi) is 5.56. The number of esters is 1. The second kappa shape index (κ2) is 6.96. The van der Waals surface area contributed by atoms with Crippen LogP contribution in [0.5, 0.6) is 0 Å². The second-order valence-electron chi connectivity index (χ2n) is 3.48. The minimum atomic E-state index is -0.321. The first-order chi connectivity index (χ1) is 8.11. The average Bonchev–Trinajstić information content (AvgIpc) is 2.32. The molecule has 0 aromatic heterocycles. The van der Waals surface area contributed by atoms with E-state index in [9.17, 15) is 9.59 Å². The summed E-state index contributed by atoms with van der Waals surface area (Å²) in [5.41, 5.74) is 1.90. The zero-order valence-corrected chi connectivity index (χ0v) is 10.7. The molecule has 1 rings (SSSR count). The summed E-state index contributed by atoms with van der Waals surface area (Å²) in [6, 6.07) is 7.55. The number of aryl methyl sites for hydroxylation is 1. The van der Waals surface area contributed by atoms with E-state index in [4.69, 9.17) is 0 Å². The van der Waals surface area contributed by atoms with Gasteiger partial charge in [0.25, 0.3) is 0 Å². The molecule has 1 amide bonds. The van der Waals surface area contributed by atoms with Gasteiger partial charge in [-0.15, -0.1) is 11.8 Å². The van der Waals surface area contributed by atoms with Crippen LogP contribution in [0.1, 0.15) is 5.56 Å². The van der Waals surface area contributed by atoms with Crippen molar-refractivity contribution in [1.29, 1.82) is 0 Å². The molecular formula is C12H15NO3S. The standard InChI is InChI=1S/C12H15NO3S/c1-9-3-5-10(6-4-9)13-11(14)7-17-8-12(15)16-2/h3-6H,7-8H2,1-2H3,(H,13,14). The highest BCUT2D eigenvalue weighted by Crippen LogP contribution is 2.09. The minimum absolute atomic E-state index is 0.122. The Hall–Kier alpha value is -1.49. The Balaban J connectivity index is 2.30. The van der Waals surface area contributed by atoms with Crippen molar-refractivity contribution in [3.05, 3.63) is 29.8 Å². The van der Waals surface area contributed by atoms with E-state index >= 15 is 0 Å². The number of hydrogen-bond donors (Lipinski definition) is 1. The first-order valence-corrected chi connectivity index (χ1v) is 6.28. The molecule has 17 heavy (non-hydrogen) atoms. The van der Waals surface area contributed by atoms with Crippen molar-refractivity contribution in [2.45, 2.75) is 6.92 Å². The number of amides is 1. The molecule has 0 saturated heterocycles. The Morgan fingerprint density at radius 3 is 2.47 bits per heavy atom. The molecule has 1 aromatic carbocycles. The molecule has 1 N–H and O–H groups in total. The number of hydrogen-bond acceptors (Lipinski definition) is 4. The van der Waals surface area contributed by atoms with Crippen molar-refractivity contribution in [1.82, 2.24) is 0 Å². The zero-order valence-electron chi connectivity index (χ0n) is 9.86. The van der Waals surface area contributed by atoms with Crippen LogP contribution in [0.2, 0.25) is 0 Å². The summed E-state index contributed by atoms with van der Waals surface area (Å²) in [4.78, 5) is 22.3. The lowest BCUT2D eigenvalue weighted by molar-refractivity contribution is -0.137. The molecule has 4 nitrogen and oxygen atoms in total. The molecule has 0 radical (unpaired) electrons. The molecule has 92 valence electrons. The number of thioether (sulfide) groups is 1. The fourth-order valence-electron chi connectivity index (χ4n) is 1.12. The van der Waals surface area contributed by atoms with E-state index in [2.05, 4.69) is 10.1 Å². The molecule has 0 fully saturated rings. The van der Waals surface area contributed by atoms with Gasteiger partial charge in [0.15, 0.2) is 0 Å². The Morgan fingerprint density at radius 1 is 1.24 bits per heavy atom. The van der Waals surface area contributed by atoms with Crippen LogP contribution in [-0.4, -0.2) is 30.5 Å². The van der Waals surface area contributed by atoms with Gasteiger partial charge in [-0.2, -0.15) is 0 Å². The van der Waals surface area contributed by atoms with Crippen LogP contribution >= 0.6 is 11.8 Å². The molecule has 0 unspecified atom stereocenters. The van der Waals surface area contributed by atoms with Gasteiger partial charge in [0.1, 0.15) is 0 Å². The predicted octanol–water partition coefficient (Wildman–Crippen LogP) is 1.84. The van der Waals surface area contributed by atoms with Crippen LogP contribution in [0, 0.1) is 6.92 Å². The number of nitrogens with one attached hydrogen (secondary N) is 1. The highest BCUT2D eigenvalue weighted by atomic mass is 32.2. The third-order valence-electron chi connectivity index (χ3n) is 2.02. The summed E-state index contributed by atoms with van der Waals surface area (Å²) in [6.45, 7) is 1.98. The Morgan fingerprint density at radius 2 is 1.88 bits per heavy atom. The number of benzene rings is 1. The van der Waals surface area contributed by atoms with Gasteiger partial charge in [-0.25, -0.2) is 0 Å². The maximum atomic E-state index is 11.5. The zero-order chi connectivity index (χ0) is 12.7. The lowest BCUT2D eigenvalue weighted by Crippen LogP contribution is -2.15. The lowest BCUT2D eigenvalue weighted by Gasteiger charge is -2.05. The van der Waals surface area contributed by atoms with Gasteiger partial charge in [-0.3, -0.25) is 9.59 Å². The number of ether oxygens (including phenoxy) is 1. The molecule has 0 aliphatic heterocycles. The third-order valence-corrected chi connectivity index (χ3v) is 2.92. The predicted molar refractivity (Wildman–Crippen MR) is 69.1 cm³/mol. The molecule has 0 heterocycles. The average molecular weight is 253 g/mol. The second-order valence-corrected chi connectivity index (χ2v) is 4.47. The van der Waals surface area contributed by atoms with E-state index in [1.54, 1.807) is 0 Å². The normalized spacial score (nSPS) is 9.76. The Labute approximate surface area is 105 Å². The highest BCUT2D eigenvalue weighted by molar-refractivity contribution is 8.00. The van der Waals surface area contributed by atoms with Gasteiger partial charge in [-0.1, -0.05) is 17.7 Å². The number of methoxy groups -OCH3 is 1. The van der Waals surface area contributed by atoms with E-state index in [0.717, 1.165) is 11.3 Å². The van der Waals surface area contributed by atoms with E-state index in [1.165, 1.54) is 18.9 Å². The lowest BCUT2D eigenvalue weighted by atomic mass is 10.2. The van der Waals surface area contributed by atoms with Crippen molar-refractivity contribution in [2.75, 3.05) is 23.9 Å². The number of anilines is 1. The molecule has 5 heteroatoms. The van der Waals surface area contributed by atoms with Crippen molar-refractivity contribution < 1.29 is 14.3 Å². The SMILES string of the molecule is COC(=O)CSCC(=O)Nc1ccc(C)cc1. The van der Waals surface area contributed by atoms with Crippen molar-refractivity contribution in [3.63, 3.8) is 0 Å². The smallest absolute Gasteiger partial charge is 0.315 e. The van der Waals surface area contributed by atoms with E-state index in [-0.39, 0.29) is 23.4 Å². The van der Waals surface area contributed by atoms with Gasteiger partial charge in [0, 0.05) is 5.69 Å². The van der Waals surface area contributed by atoms with Gasteiger partial charge >= 0.3 is 5.97 Å². The number of carbonyl (C=O) groups is 2. The van der Waals surface area contributed by atoms with Gasteiger partial charge in [0.05, 0.1) is 18.6 Å². The first-order valence-electron chi connectivity index (χ1n) is 5.13. The van der Waals surface area contributed by atoms with Crippen LogP contribution in [0.3, 0.4) is 0 Å². The first kappa shape index (κ1) is 13.6. The van der Waals surface area contributed by atoms with Crippen LogP contribution < -0.4 is 5.32 Å². The summed E-state index contributed by atoms with van der Waals surface area (Å²) in [7, 11) is 1.33. The van der Waals surface area contributed by atoms with Crippen molar-refractivity contribution >= 4 is 29.3 Å². The largest absolute Gasteiger partial charge is 0.468 e. The molecular weight excluding hydrogens is 238 g/mol. The summed E-state index contributed by atoms with van der Waals surface area (Å²) in [6.07, 6.45) is 0. The third kappa shape index (κ3) is 5.40. The molecule has 0 aliphatic rings. The quantitative estimate of drug-likeness (QED) is 0.813. The molecule has 0 saturated carbocycles. The van der Waals surface area contributed by atoms with Crippen LogP contribution in [0.25, 0.3) is 0 Å². The molecule has 0 atom stereocenters.